The van der Waals surface area contributed by atoms with E-state index in [1.165, 1.54) is 18.2 Å². The standard InChI is InChI=1S/C16H16N2O4/c1-11(2)22-15-8-6-12(7-9-15)16(19)17-13-4-3-5-14(10-13)18(20)21/h3-11H,1-2H3,(H,17,19). The van der Waals surface area contributed by atoms with Crippen molar-refractivity contribution in [3.63, 3.8) is 0 Å². The number of non-ortho nitro benzene ring substituents is 1. The lowest BCUT2D eigenvalue weighted by Crippen LogP contribution is -2.12. The van der Waals surface area contributed by atoms with Crippen molar-refractivity contribution >= 4 is 17.3 Å². The van der Waals surface area contributed by atoms with Gasteiger partial charge in [0.1, 0.15) is 5.75 Å². The Balaban J connectivity index is 2.08. The van der Waals surface area contributed by atoms with Gasteiger partial charge < -0.3 is 10.1 Å². The van der Waals surface area contributed by atoms with Crippen molar-refractivity contribution in [3.8, 4) is 5.75 Å². The van der Waals surface area contributed by atoms with Crippen LogP contribution in [0.1, 0.15) is 24.2 Å². The number of anilines is 1. The molecule has 0 aliphatic heterocycles. The van der Waals surface area contributed by atoms with E-state index >= 15 is 0 Å². The second kappa shape index (κ2) is 6.71. The van der Waals surface area contributed by atoms with Crippen molar-refractivity contribution in [1.82, 2.24) is 0 Å². The zero-order valence-electron chi connectivity index (χ0n) is 12.3. The average Bonchev–Trinajstić information content (AvgIpc) is 2.47. The van der Waals surface area contributed by atoms with Gasteiger partial charge in [-0.2, -0.15) is 0 Å². The number of rotatable bonds is 5. The largest absolute Gasteiger partial charge is 0.491 e. The Hall–Kier alpha value is -2.89. The first kappa shape index (κ1) is 15.5. The molecule has 0 spiro atoms. The SMILES string of the molecule is CC(C)Oc1ccc(C(=O)Nc2cccc([N+](=O)[O-])c2)cc1. The Kier molecular flexibility index (Phi) is 4.73. The van der Waals surface area contributed by atoms with E-state index in [0.29, 0.717) is 17.0 Å². The first-order valence-electron chi connectivity index (χ1n) is 6.78. The van der Waals surface area contributed by atoms with Crippen LogP contribution >= 0.6 is 0 Å². The molecule has 0 heterocycles. The number of hydrogen-bond acceptors (Lipinski definition) is 4. The van der Waals surface area contributed by atoms with Crippen LogP contribution in [0, 0.1) is 10.1 Å². The summed E-state index contributed by atoms with van der Waals surface area (Å²) in [7, 11) is 0. The summed E-state index contributed by atoms with van der Waals surface area (Å²) in [6.07, 6.45) is 0.0598. The van der Waals surface area contributed by atoms with Crippen molar-refractivity contribution in [2.24, 2.45) is 0 Å². The summed E-state index contributed by atoms with van der Waals surface area (Å²) in [4.78, 5) is 22.3. The van der Waals surface area contributed by atoms with Crippen molar-refractivity contribution in [1.29, 1.82) is 0 Å². The number of nitro benzene ring substituents is 1. The molecular weight excluding hydrogens is 284 g/mol. The first-order chi connectivity index (χ1) is 10.5. The van der Waals surface area contributed by atoms with E-state index in [1.807, 2.05) is 13.8 Å². The van der Waals surface area contributed by atoms with Gasteiger partial charge in [0.05, 0.1) is 11.0 Å². The van der Waals surface area contributed by atoms with E-state index in [0.717, 1.165) is 0 Å². The van der Waals surface area contributed by atoms with Crippen LogP contribution in [0.15, 0.2) is 48.5 Å². The Labute approximate surface area is 127 Å². The minimum Gasteiger partial charge on any atom is -0.491 e. The minimum atomic E-state index is -0.506. The fourth-order valence-electron chi connectivity index (χ4n) is 1.86. The van der Waals surface area contributed by atoms with Crippen molar-refractivity contribution < 1.29 is 14.5 Å². The summed E-state index contributed by atoms with van der Waals surface area (Å²) in [6, 6.07) is 12.5. The van der Waals surface area contributed by atoms with Gasteiger partial charge in [0.25, 0.3) is 11.6 Å². The molecule has 0 bridgehead atoms. The lowest BCUT2D eigenvalue weighted by atomic mass is 10.2. The van der Waals surface area contributed by atoms with Gasteiger partial charge in [-0.15, -0.1) is 0 Å². The van der Waals surface area contributed by atoms with E-state index in [9.17, 15) is 14.9 Å². The Morgan fingerprint density at radius 3 is 2.45 bits per heavy atom. The molecule has 0 unspecified atom stereocenters. The quantitative estimate of drug-likeness (QED) is 0.675. The molecule has 2 rings (SSSR count). The zero-order chi connectivity index (χ0) is 16.1. The molecule has 2 aromatic rings. The van der Waals surface area contributed by atoms with Crippen LogP contribution in [-0.4, -0.2) is 16.9 Å². The zero-order valence-corrected chi connectivity index (χ0v) is 12.3. The summed E-state index contributed by atoms with van der Waals surface area (Å²) in [5.74, 6) is 0.346. The lowest BCUT2D eigenvalue weighted by molar-refractivity contribution is -0.384. The van der Waals surface area contributed by atoms with Gasteiger partial charge in [-0.25, -0.2) is 0 Å². The number of benzene rings is 2. The first-order valence-corrected chi connectivity index (χ1v) is 6.78. The molecule has 2 aromatic carbocycles. The molecule has 0 aliphatic carbocycles. The third-order valence-corrected chi connectivity index (χ3v) is 2.80. The lowest BCUT2D eigenvalue weighted by Gasteiger charge is -2.10. The Morgan fingerprint density at radius 1 is 1.18 bits per heavy atom. The number of nitrogens with zero attached hydrogens (tertiary/aromatic N) is 1. The maximum absolute atomic E-state index is 12.1. The summed E-state index contributed by atoms with van der Waals surface area (Å²) in [5, 5.41) is 13.3. The number of carbonyl (C=O) groups excluding carboxylic acids is 1. The van der Waals surface area contributed by atoms with E-state index in [-0.39, 0.29) is 17.7 Å². The van der Waals surface area contributed by atoms with E-state index < -0.39 is 4.92 Å². The van der Waals surface area contributed by atoms with Gasteiger partial charge in [-0.3, -0.25) is 14.9 Å². The molecule has 22 heavy (non-hydrogen) atoms. The number of carbonyl (C=O) groups is 1. The third kappa shape index (κ3) is 4.05. The molecule has 0 fully saturated rings. The Morgan fingerprint density at radius 2 is 1.86 bits per heavy atom. The highest BCUT2D eigenvalue weighted by atomic mass is 16.6. The summed E-state index contributed by atoms with van der Waals surface area (Å²) in [5.41, 5.74) is 0.753. The molecular formula is C16H16N2O4. The predicted molar refractivity (Wildman–Crippen MR) is 83.3 cm³/mol. The number of hydrogen-bond donors (Lipinski definition) is 1. The molecule has 0 saturated heterocycles. The molecule has 0 saturated carbocycles. The topological polar surface area (TPSA) is 81.5 Å². The van der Waals surface area contributed by atoms with Crippen LogP contribution in [0.2, 0.25) is 0 Å². The number of ether oxygens (including phenoxy) is 1. The molecule has 0 radical (unpaired) electrons. The normalized spacial score (nSPS) is 10.3. The van der Waals surface area contributed by atoms with Gasteiger partial charge in [0.2, 0.25) is 0 Å². The van der Waals surface area contributed by atoms with Crippen molar-refractivity contribution in [2.45, 2.75) is 20.0 Å². The van der Waals surface area contributed by atoms with E-state index in [1.54, 1.807) is 30.3 Å². The van der Waals surface area contributed by atoms with Gasteiger partial charge in [0, 0.05) is 23.4 Å². The fourth-order valence-corrected chi connectivity index (χ4v) is 1.86. The molecule has 114 valence electrons. The molecule has 0 atom stereocenters. The van der Waals surface area contributed by atoms with Crippen LogP contribution in [0.25, 0.3) is 0 Å². The van der Waals surface area contributed by atoms with Crippen molar-refractivity contribution in [3.05, 3.63) is 64.2 Å². The van der Waals surface area contributed by atoms with Crippen molar-refractivity contribution in [2.75, 3.05) is 5.32 Å². The maximum atomic E-state index is 12.1. The van der Waals surface area contributed by atoms with Crippen LogP contribution in [0.4, 0.5) is 11.4 Å². The molecule has 1 N–H and O–H groups in total. The average molecular weight is 300 g/mol. The highest BCUT2D eigenvalue weighted by molar-refractivity contribution is 6.04. The highest BCUT2D eigenvalue weighted by Gasteiger charge is 2.10. The predicted octanol–water partition coefficient (Wildman–Crippen LogP) is 3.63. The van der Waals surface area contributed by atoms with Crippen LogP contribution in [0.3, 0.4) is 0 Å². The maximum Gasteiger partial charge on any atom is 0.271 e. The smallest absolute Gasteiger partial charge is 0.271 e. The van der Waals surface area contributed by atoms with Gasteiger partial charge in [0.15, 0.2) is 0 Å². The molecule has 6 heteroatoms. The fraction of sp³-hybridized carbons (Fsp3) is 0.188. The summed E-state index contributed by atoms with van der Waals surface area (Å²) in [6.45, 7) is 3.84. The highest BCUT2D eigenvalue weighted by Crippen LogP contribution is 2.19. The van der Waals surface area contributed by atoms with Gasteiger partial charge >= 0.3 is 0 Å². The monoisotopic (exact) mass is 300 g/mol. The van der Waals surface area contributed by atoms with Crippen LogP contribution in [-0.2, 0) is 0 Å². The van der Waals surface area contributed by atoms with Gasteiger partial charge in [-0.1, -0.05) is 6.07 Å². The van der Waals surface area contributed by atoms with E-state index in [4.69, 9.17) is 4.74 Å². The van der Waals surface area contributed by atoms with Crippen LogP contribution < -0.4 is 10.1 Å². The summed E-state index contributed by atoms with van der Waals surface area (Å²) < 4.78 is 5.50. The number of amides is 1. The van der Waals surface area contributed by atoms with E-state index in [2.05, 4.69) is 5.32 Å². The number of nitrogens with one attached hydrogen (secondary N) is 1. The molecule has 0 aliphatic rings. The summed E-state index contributed by atoms with van der Waals surface area (Å²) >= 11 is 0. The second-order valence-corrected chi connectivity index (χ2v) is 4.95. The number of nitro groups is 1. The molecule has 0 aromatic heterocycles. The van der Waals surface area contributed by atoms with Crippen LogP contribution in [0.5, 0.6) is 5.75 Å². The Bertz CT molecular complexity index is 681. The second-order valence-electron chi connectivity index (χ2n) is 4.95. The minimum absolute atomic E-state index is 0.0598. The molecule has 6 nitrogen and oxygen atoms in total. The third-order valence-electron chi connectivity index (χ3n) is 2.80. The van der Waals surface area contributed by atoms with Gasteiger partial charge in [-0.05, 0) is 44.2 Å². The molecule has 1 amide bonds.